The predicted octanol–water partition coefficient (Wildman–Crippen LogP) is 0.987. The van der Waals surface area contributed by atoms with E-state index in [-0.39, 0.29) is 24.5 Å². The zero-order chi connectivity index (χ0) is 16.4. The van der Waals surface area contributed by atoms with Crippen molar-refractivity contribution in [3.8, 4) is 17.6 Å². The number of hydrogen-bond acceptors (Lipinski definition) is 6. The lowest BCUT2D eigenvalue weighted by atomic mass is 10.2. The lowest BCUT2D eigenvalue weighted by Gasteiger charge is -2.04. The molecular formula is C15H16N2O5. The van der Waals surface area contributed by atoms with Crippen LogP contribution >= 0.6 is 0 Å². The van der Waals surface area contributed by atoms with E-state index in [1.807, 2.05) is 6.07 Å². The lowest BCUT2D eigenvalue weighted by molar-refractivity contribution is -0.143. The van der Waals surface area contributed by atoms with E-state index in [0.29, 0.717) is 5.56 Å². The first kappa shape index (κ1) is 17.0. The summed E-state index contributed by atoms with van der Waals surface area (Å²) in [7, 11) is 1.42. The number of hydrogen-bond donors (Lipinski definition) is 2. The van der Waals surface area contributed by atoms with Gasteiger partial charge in [-0.15, -0.1) is 0 Å². The van der Waals surface area contributed by atoms with Gasteiger partial charge in [0.1, 0.15) is 0 Å². The Hall–Kier alpha value is -3.01. The monoisotopic (exact) mass is 304 g/mol. The number of phenolic OH excluding ortho intramolecular Hbond substituents is 1. The van der Waals surface area contributed by atoms with Crippen LogP contribution < -0.4 is 10.1 Å². The zero-order valence-corrected chi connectivity index (χ0v) is 12.0. The van der Waals surface area contributed by atoms with Crippen molar-refractivity contribution in [1.29, 1.82) is 5.26 Å². The fourth-order valence-corrected chi connectivity index (χ4v) is 1.46. The first-order valence-electron chi connectivity index (χ1n) is 6.42. The highest BCUT2D eigenvalue weighted by Crippen LogP contribution is 2.26. The molecule has 116 valence electrons. The third-order valence-corrected chi connectivity index (χ3v) is 2.52. The molecule has 1 aromatic carbocycles. The number of phenols is 1. The van der Waals surface area contributed by atoms with Crippen LogP contribution in [0.25, 0.3) is 6.08 Å². The van der Waals surface area contributed by atoms with E-state index < -0.39 is 18.5 Å². The molecule has 0 radical (unpaired) electrons. The van der Waals surface area contributed by atoms with E-state index in [9.17, 15) is 14.7 Å². The molecule has 1 rings (SSSR count). The van der Waals surface area contributed by atoms with Gasteiger partial charge < -0.3 is 19.9 Å². The minimum Gasteiger partial charge on any atom is -0.504 e. The number of carbonyl (C=O) groups excluding carboxylic acids is 2. The molecule has 0 spiro atoms. The van der Waals surface area contributed by atoms with Gasteiger partial charge >= 0.3 is 5.97 Å². The molecule has 0 unspecified atom stereocenters. The molecule has 0 aliphatic rings. The van der Waals surface area contributed by atoms with Gasteiger partial charge in [0, 0.05) is 12.6 Å². The first-order valence-corrected chi connectivity index (χ1v) is 6.42. The van der Waals surface area contributed by atoms with Crippen molar-refractivity contribution >= 4 is 18.0 Å². The maximum atomic E-state index is 11.5. The van der Waals surface area contributed by atoms with E-state index in [1.54, 1.807) is 12.1 Å². The van der Waals surface area contributed by atoms with Crippen LogP contribution in [0.4, 0.5) is 0 Å². The molecule has 2 N–H and O–H groups in total. The summed E-state index contributed by atoms with van der Waals surface area (Å²) in [5, 5.41) is 20.2. The Kier molecular flexibility index (Phi) is 6.99. The fourth-order valence-electron chi connectivity index (χ4n) is 1.46. The van der Waals surface area contributed by atoms with E-state index in [2.05, 4.69) is 5.32 Å². The van der Waals surface area contributed by atoms with Crippen molar-refractivity contribution in [2.75, 3.05) is 20.3 Å². The van der Waals surface area contributed by atoms with Crippen LogP contribution in [0.2, 0.25) is 0 Å². The quantitative estimate of drug-likeness (QED) is 0.442. The van der Waals surface area contributed by atoms with Crippen LogP contribution in [0.3, 0.4) is 0 Å². The summed E-state index contributed by atoms with van der Waals surface area (Å²) in [6.45, 7) is -0.191. The molecule has 0 atom stereocenters. The summed E-state index contributed by atoms with van der Waals surface area (Å²) < 4.78 is 9.68. The third-order valence-electron chi connectivity index (χ3n) is 2.52. The number of benzene rings is 1. The smallest absolute Gasteiger partial charge is 0.331 e. The molecule has 0 heterocycles. The second-order valence-corrected chi connectivity index (χ2v) is 4.13. The van der Waals surface area contributed by atoms with Crippen molar-refractivity contribution in [2.24, 2.45) is 0 Å². The van der Waals surface area contributed by atoms with Gasteiger partial charge in [0.2, 0.25) is 0 Å². The SMILES string of the molecule is COc1cc(/C=C/C(=O)OCC(=O)NCCC#N)ccc1O. The zero-order valence-electron chi connectivity index (χ0n) is 12.0. The molecule has 0 aromatic heterocycles. The summed E-state index contributed by atoms with van der Waals surface area (Å²) in [5.74, 6) is -0.866. The molecule has 0 fully saturated rings. The molecule has 0 saturated heterocycles. The summed E-state index contributed by atoms with van der Waals surface area (Å²) in [4.78, 5) is 22.7. The van der Waals surface area contributed by atoms with Gasteiger partial charge in [-0.25, -0.2) is 4.79 Å². The van der Waals surface area contributed by atoms with Gasteiger partial charge in [0.05, 0.1) is 19.6 Å². The molecule has 0 bridgehead atoms. The van der Waals surface area contributed by atoms with E-state index in [4.69, 9.17) is 14.7 Å². The van der Waals surface area contributed by atoms with Crippen molar-refractivity contribution in [1.82, 2.24) is 5.32 Å². The molecule has 1 amide bonds. The number of nitrogens with zero attached hydrogens (tertiary/aromatic N) is 1. The number of rotatable bonds is 7. The topological polar surface area (TPSA) is 109 Å². The number of aromatic hydroxyl groups is 1. The van der Waals surface area contributed by atoms with Crippen LogP contribution in [-0.4, -0.2) is 37.2 Å². The molecule has 7 heteroatoms. The Balaban J connectivity index is 2.44. The Labute approximate surface area is 127 Å². The predicted molar refractivity (Wildman–Crippen MR) is 77.9 cm³/mol. The van der Waals surface area contributed by atoms with Crippen LogP contribution in [0.1, 0.15) is 12.0 Å². The number of methoxy groups -OCH3 is 1. The van der Waals surface area contributed by atoms with Gasteiger partial charge in [0.15, 0.2) is 18.1 Å². The first-order chi connectivity index (χ1) is 10.6. The number of esters is 1. The van der Waals surface area contributed by atoms with Gasteiger partial charge in [-0.05, 0) is 23.8 Å². The Morgan fingerprint density at radius 3 is 2.91 bits per heavy atom. The van der Waals surface area contributed by atoms with Gasteiger partial charge in [-0.1, -0.05) is 6.07 Å². The molecular weight excluding hydrogens is 288 g/mol. The van der Waals surface area contributed by atoms with Gasteiger partial charge in [-0.3, -0.25) is 4.79 Å². The fraction of sp³-hybridized carbons (Fsp3) is 0.267. The lowest BCUT2D eigenvalue weighted by Crippen LogP contribution is -2.29. The largest absolute Gasteiger partial charge is 0.504 e. The van der Waals surface area contributed by atoms with Crippen LogP contribution in [0.15, 0.2) is 24.3 Å². The average Bonchev–Trinajstić information content (AvgIpc) is 2.52. The van der Waals surface area contributed by atoms with Gasteiger partial charge in [0.25, 0.3) is 5.91 Å². The second kappa shape index (κ2) is 9.02. The molecule has 7 nitrogen and oxygen atoms in total. The maximum absolute atomic E-state index is 11.5. The normalized spacial score (nSPS) is 10.0. The molecule has 0 saturated carbocycles. The molecule has 22 heavy (non-hydrogen) atoms. The van der Waals surface area contributed by atoms with Gasteiger partial charge in [-0.2, -0.15) is 5.26 Å². The van der Waals surface area contributed by atoms with Crippen molar-refractivity contribution in [3.63, 3.8) is 0 Å². The molecule has 1 aromatic rings. The second-order valence-electron chi connectivity index (χ2n) is 4.13. The molecule has 0 aliphatic carbocycles. The van der Waals surface area contributed by atoms with E-state index >= 15 is 0 Å². The van der Waals surface area contributed by atoms with Crippen LogP contribution in [-0.2, 0) is 14.3 Å². The van der Waals surface area contributed by atoms with Crippen molar-refractivity contribution < 1.29 is 24.2 Å². The Bertz CT molecular complexity index is 604. The minimum atomic E-state index is -0.678. The average molecular weight is 304 g/mol. The summed E-state index contributed by atoms with van der Waals surface area (Å²) >= 11 is 0. The number of ether oxygens (including phenoxy) is 2. The third kappa shape index (κ3) is 5.96. The Morgan fingerprint density at radius 1 is 1.45 bits per heavy atom. The Morgan fingerprint density at radius 2 is 2.23 bits per heavy atom. The number of carbonyl (C=O) groups is 2. The highest BCUT2D eigenvalue weighted by molar-refractivity contribution is 5.89. The van der Waals surface area contributed by atoms with Crippen molar-refractivity contribution in [2.45, 2.75) is 6.42 Å². The summed E-state index contributed by atoms with van der Waals surface area (Å²) in [5.41, 5.74) is 0.630. The number of amides is 1. The standard InChI is InChI=1S/C15H16N2O5/c1-21-13-9-11(3-5-12(13)18)4-6-15(20)22-10-14(19)17-8-2-7-16/h3-6,9,18H,2,8,10H2,1H3,(H,17,19)/b6-4+. The summed E-state index contributed by atoms with van der Waals surface area (Å²) in [6.07, 6.45) is 2.83. The van der Waals surface area contributed by atoms with E-state index in [1.165, 1.54) is 19.3 Å². The number of nitriles is 1. The summed E-state index contributed by atoms with van der Waals surface area (Å²) in [6, 6.07) is 6.46. The highest BCUT2D eigenvalue weighted by atomic mass is 16.5. The highest BCUT2D eigenvalue weighted by Gasteiger charge is 2.05. The molecule has 0 aliphatic heterocycles. The van der Waals surface area contributed by atoms with Crippen LogP contribution in [0, 0.1) is 11.3 Å². The number of nitrogens with one attached hydrogen (secondary N) is 1. The van der Waals surface area contributed by atoms with Crippen molar-refractivity contribution in [3.05, 3.63) is 29.8 Å². The maximum Gasteiger partial charge on any atom is 0.331 e. The van der Waals surface area contributed by atoms with E-state index in [0.717, 1.165) is 6.08 Å². The minimum absolute atomic E-state index is 0.00346. The van der Waals surface area contributed by atoms with Crippen LogP contribution in [0.5, 0.6) is 11.5 Å².